The molecule has 0 amide bonds. The molecule has 0 fully saturated rings. The van der Waals surface area contributed by atoms with Crippen LogP contribution in [0.4, 0.5) is 0 Å². The first-order valence-corrected chi connectivity index (χ1v) is 22.0. The number of hydrogen-bond donors (Lipinski definition) is 1. The fourth-order valence-corrected chi connectivity index (χ4v) is 8.28. The normalized spacial score (nSPS) is 16.9. The molecule has 0 saturated heterocycles. The van der Waals surface area contributed by atoms with Gasteiger partial charge in [0.1, 0.15) is 11.6 Å². The first kappa shape index (κ1) is 29.5. The molecule has 7 aromatic carbocycles. The van der Waals surface area contributed by atoms with Gasteiger partial charge in [-0.25, -0.2) is 4.98 Å². The topological polar surface area (TPSA) is 50.9 Å². The number of phenolic OH excluding ortho intramolecular Hbond substituents is 1. The third-order valence-corrected chi connectivity index (χ3v) is 12.0. The smallest absolute Gasteiger partial charge is 0.148 e. The molecule has 0 spiro atoms. The van der Waals surface area contributed by atoms with Gasteiger partial charge >= 0.3 is 0 Å². The van der Waals surface area contributed by atoms with Crippen LogP contribution in [0, 0.1) is 26.8 Å². The molecule has 0 aliphatic rings. The zero-order valence-corrected chi connectivity index (χ0v) is 41.3. The SMILES string of the molecule is [2H]c1nc(-c2[c-]c(-c3cccc4c3nc(-c3cc(C)cc(C)c3O)n4-c3ccc(-c4cc(C(C)(C)C)cc(C(C)(C)C)c4)cc3C([2H])([2H])[2H])cc(-c3ccccc3)c2)c([2H])c(-c2c([2H])c([2H])c(C(C([2H])([2H])[2H])(C([2H])([2H])[2H])C([2H])([2H])[2H])c([2H])c2[2H])c1[2H].[Pt]. The van der Waals surface area contributed by atoms with Gasteiger partial charge in [0.05, 0.1) is 31.9 Å². The maximum Gasteiger partial charge on any atom is 0.148 e. The second kappa shape index (κ2) is 18.3. The van der Waals surface area contributed by atoms with Crippen molar-refractivity contribution < 1.29 is 52.2 Å². The number of pyridine rings is 1. The van der Waals surface area contributed by atoms with Crippen LogP contribution in [0.5, 0.6) is 5.75 Å². The Morgan fingerprint density at radius 3 is 1.96 bits per heavy atom. The summed E-state index contributed by atoms with van der Waals surface area (Å²) < 4.78 is 168. The van der Waals surface area contributed by atoms with E-state index in [4.69, 9.17) is 26.9 Å². The predicted octanol–water partition coefficient (Wildman–Crippen LogP) is 16.7. The van der Waals surface area contributed by atoms with Gasteiger partial charge in [0.2, 0.25) is 0 Å². The molecular formula is C63H62N3OPt-. The summed E-state index contributed by atoms with van der Waals surface area (Å²) >= 11 is 0. The Kier molecular flexibility index (Phi) is 7.93. The van der Waals surface area contributed by atoms with E-state index in [0.29, 0.717) is 50.0 Å². The summed E-state index contributed by atoms with van der Waals surface area (Å²) in [6.07, 6.45) is -0.805. The first-order chi connectivity index (χ1) is 39.6. The second-order valence-electron chi connectivity index (χ2n) is 19.2. The molecule has 0 aliphatic heterocycles. The van der Waals surface area contributed by atoms with E-state index < -0.39 is 91.9 Å². The number of aromatic hydroxyl groups is 1. The number of para-hydroxylation sites is 1. The van der Waals surface area contributed by atoms with Crippen molar-refractivity contribution in [1.82, 2.24) is 14.5 Å². The molecule has 0 aliphatic carbocycles. The summed E-state index contributed by atoms with van der Waals surface area (Å²) in [5.74, 6) is 0.106. The molecule has 0 atom stereocenters. The first-order valence-electron chi connectivity index (χ1n) is 31.5. The van der Waals surface area contributed by atoms with Crippen LogP contribution < -0.4 is 0 Å². The van der Waals surface area contributed by atoms with Crippen molar-refractivity contribution in [1.29, 1.82) is 0 Å². The number of nitrogens with zero attached hydrogens (tertiary/aromatic N) is 3. The molecule has 346 valence electrons. The van der Waals surface area contributed by atoms with Crippen molar-refractivity contribution in [3.63, 3.8) is 0 Å². The monoisotopic (exact) mass is 1090 g/mol. The van der Waals surface area contributed by atoms with Gasteiger partial charge in [-0.2, -0.15) is 0 Å². The number of rotatable bonds is 7. The van der Waals surface area contributed by atoms with E-state index in [1.165, 1.54) is 0 Å². The molecular weight excluding hydrogens is 1010 g/mol. The van der Waals surface area contributed by atoms with Crippen molar-refractivity contribution in [2.45, 2.75) is 99.0 Å². The Labute approximate surface area is 445 Å². The van der Waals surface area contributed by atoms with E-state index >= 15 is 0 Å². The molecule has 68 heavy (non-hydrogen) atoms. The van der Waals surface area contributed by atoms with Crippen LogP contribution in [-0.2, 0) is 37.3 Å². The second-order valence-corrected chi connectivity index (χ2v) is 19.2. The molecule has 5 heteroatoms. The minimum atomic E-state index is -3.96. The van der Waals surface area contributed by atoms with Crippen LogP contribution in [0.3, 0.4) is 0 Å². The number of hydrogen-bond acceptors (Lipinski definition) is 3. The summed E-state index contributed by atoms with van der Waals surface area (Å²) in [5, 5.41) is 11.9. The number of phenols is 1. The average Bonchev–Trinajstić information content (AvgIpc) is 1.01. The summed E-state index contributed by atoms with van der Waals surface area (Å²) in [6.45, 7) is 1.81. The molecule has 1 N–H and O–H groups in total. The van der Waals surface area contributed by atoms with Crippen molar-refractivity contribution in [3.8, 4) is 78.6 Å². The van der Waals surface area contributed by atoms with Crippen LogP contribution in [-0.4, -0.2) is 19.6 Å². The number of aromatic nitrogens is 3. The molecule has 9 aromatic rings. The van der Waals surface area contributed by atoms with Crippen molar-refractivity contribution in [2.24, 2.45) is 0 Å². The summed E-state index contributed by atoms with van der Waals surface area (Å²) in [6, 6.07) is 29.7. The van der Waals surface area contributed by atoms with Crippen LogP contribution >= 0.6 is 0 Å². The van der Waals surface area contributed by atoms with E-state index in [9.17, 15) is 9.22 Å². The minimum Gasteiger partial charge on any atom is -0.507 e. The third kappa shape index (κ3) is 9.54. The maximum atomic E-state index is 11.9. The van der Waals surface area contributed by atoms with E-state index in [1.807, 2.05) is 31.2 Å². The van der Waals surface area contributed by atoms with Gasteiger partial charge in [0, 0.05) is 49.4 Å². The maximum absolute atomic E-state index is 11.9. The molecule has 4 nitrogen and oxygen atoms in total. The number of fused-ring (bicyclic) bond motifs is 1. The molecule has 2 heterocycles. The minimum absolute atomic E-state index is 0. The Morgan fingerprint density at radius 1 is 0.588 bits per heavy atom. The van der Waals surface area contributed by atoms with Gasteiger partial charge in [-0.3, -0.25) is 9.55 Å². The summed E-state index contributed by atoms with van der Waals surface area (Å²) in [7, 11) is 0. The largest absolute Gasteiger partial charge is 0.507 e. The Morgan fingerprint density at radius 2 is 1.28 bits per heavy atom. The van der Waals surface area contributed by atoms with Crippen LogP contribution in [0.2, 0.25) is 0 Å². The van der Waals surface area contributed by atoms with Crippen LogP contribution in [0.15, 0.2) is 152 Å². The van der Waals surface area contributed by atoms with Gasteiger partial charge < -0.3 is 5.11 Å². The molecule has 0 radical (unpaired) electrons. The Bertz CT molecular complexity index is 4110. The molecule has 0 saturated carbocycles. The predicted molar refractivity (Wildman–Crippen MR) is 282 cm³/mol. The summed E-state index contributed by atoms with van der Waals surface area (Å²) in [5.41, 5.74) is 0.504. The Balaban J connectivity index is 0.00000982. The van der Waals surface area contributed by atoms with Gasteiger partial charge in [0.15, 0.2) is 0 Å². The van der Waals surface area contributed by atoms with Crippen molar-refractivity contribution in [2.75, 3.05) is 0 Å². The van der Waals surface area contributed by atoms with Gasteiger partial charge in [-0.05, 0) is 128 Å². The molecule has 0 bridgehead atoms. The van der Waals surface area contributed by atoms with E-state index in [2.05, 4.69) is 70.8 Å². The zero-order valence-electron chi connectivity index (χ0n) is 58.0. The number of imidazole rings is 1. The fraction of sp³-hybridized carbons (Fsp3) is 0.238. The van der Waals surface area contributed by atoms with Crippen molar-refractivity contribution >= 4 is 11.0 Å². The van der Waals surface area contributed by atoms with E-state index in [0.717, 1.165) is 22.3 Å². The number of benzene rings is 7. The number of aryl methyl sites for hydroxylation is 3. The standard InChI is InChI=1S/C63H62N3O.Pt/c1-39-29-41(3)59(67)54(30-39)60-65-58-53(19-16-20-57(58)66(60)56-26-23-44(31-40(56)2)47-35-51(62(7,8)9)38-52(36-47)63(10,11)12)48-32-46(42-17-14-13-15-18-42)33-49(34-48)55-37-45(27-28-64-55)43-21-24-50(25-22-43)61(4,5)6;/h13-33,35-38,67H,1-12H3;/q-1;/i2D3,4D3,5D3,6D3,21D,22D,24D,25D,27D,28D,37D;. The summed E-state index contributed by atoms with van der Waals surface area (Å²) in [4.78, 5) is 9.63. The van der Waals surface area contributed by atoms with E-state index in [-0.39, 0.29) is 66.0 Å². The molecule has 2 aromatic heterocycles. The fourth-order valence-electron chi connectivity index (χ4n) is 8.28. The third-order valence-electron chi connectivity index (χ3n) is 12.0. The molecule has 9 rings (SSSR count). The van der Waals surface area contributed by atoms with Crippen molar-refractivity contribution in [3.05, 3.63) is 191 Å². The Hall–Kier alpha value is -6.35. The van der Waals surface area contributed by atoms with Gasteiger partial charge in [-0.15, -0.1) is 23.8 Å². The quantitative estimate of drug-likeness (QED) is 0.162. The van der Waals surface area contributed by atoms with Crippen LogP contribution in [0.1, 0.15) is 122 Å². The average molecular weight is 1090 g/mol. The molecule has 0 unspecified atom stereocenters. The van der Waals surface area contributed by atoms with Crippen LogP contribution in [0.25, 0.3) is 83.9 Å². The van der Waals surface area contributed by atoms with E-state index in [1.54, 1.807) is 78.2 Å². The zero-order chi connectivity index (χ0) is 63.7. The van der Waals surface area contributed by atoms with Gasteiger partial charge in [0.25, 0.3) is 0 Å². The van der Waals surface area contributed by atoms with Gasteiger partial charge in [-0.1, -0.05) is 182 Å².